The molecular weight excluding hydrogens is 422 g/mol. The van der Waals surface area contributed by atoms with E-state index in [-0.39, 0.29) is 11.3 Å². The molecule has 1 aliphatic heterocycles. The van der Waals surface area contributed by atoms with E-state index in [1.165, 1.54) is 23.3 Å². The van der Waals surface area contributed by atoms with Gasteiger partial charge in [0.15, 0.2) is 0 Å². The summed E-state index contributed by atoms with van der Waals surface area (Å²) in [6.45, 7) is 1.83. The number of amides is 1. The highest BCUT2D eigenvalue weighted by atomic mass is 35.5. The largest absolute Gasteiger partial charge is 0.507 e. The Bertz CT molecular complexity index is 1170. The Balaban J connectivity index is 1.94. The zero-order valence-electron chi connectivity index (χ0n) is 16.3. The van der Waals surface area contributed by atoms with Crippen molar-refractivity contribution in [2.45, 2.75) is 13.0 Å². The van der Waals surface area contributed by atoms with Gasteiger partial charge in [0.2, 0.25) is 0 Å². The number of aliphatic hydroxyl groups is 1. The molecule has 2 heterocycles. The molecule has 0 bridgehead atoms. The van der Waals surface area contributed by atoms with Gasteiger partial charge in [-0.15, -0.1) is 11.3 Å². The molecule has 0 radical (unpaired) electrons. The number of nitrogens with zero attached hydrogens (tertiary/aromatic N) is 1. The van der Waals surface area contributed by atoms with Crippen molar-refractivity contribution in [2.75, 3.05) is 12.0 Å². The van der Waals surface area contributed by atoms with Crippen LogP contribution in [-0.2, 0) is 9.59 Å². The lowest BCUT2D eigenvalue weighted by Crippen LogP contribution is -2.29. The highest BCUT2D eigenvalue weighted by Gasteiger charge is 2.47. The van der Waals surface area contributed by atoms with Crippen LogP contribution in [0.1, 0.15) is 22.0 Å². The molecule has 3 aromatic rings. The second-order valence-electron chi connectivity index (χ2n) is 6.85. The summed E-state index contributed by atoms with van der Waals surface area (Å²) in [6, 6.07) is 14.8. The Labute approximate surface area is 182 Å². The number of methoxy groups -OCH3 is 1. The first-order chi connectivity index (χ1) is 14.4. The lowest BCUT2D eigenvalue weighted by molar-refractivity contribution is -0.132. The van der Waals surface area contributed by atoms with E-state index in [9.17, 15) is 14.7 Å². The number of ketones is 1. The molecule has 1 N–H and O–H groups in total. The summed E-state index contributed by atoms with van der Waals surface area (Å²) in [5.41, 5.74) is 1.78. The monoisotopic (exact) mass is 439 g/mol. The number of aryl methyl sites for hydroxylation is 1. The first-order valence-corrected chi connectivity index (χ1v) is 10.4. The number of aliphatic hydroxyl groups excluding tert-OH is 1. The van der Waals surface area contributed by atoms with Crippen LogP contribution in [0.2, 0.25) is 5.02 Å². The fourth-order valence-corrected chi connectivity index (χ4v) is 4.66. The van der Waals surface area contributed by atoms with Gasteiger partial charge >= 0.3 is 0 Å². The number of carbonyl (C=O) groups excluding carboxylic acids is 2. The standard InChI is InChI=1S/C23H18ClNO4S/c1-13-11-15(24)8-9-17(13)25-20(18-7-4-10-30-18)19(22(27)23(25)28)21(26)14-5-3-6-16(12-14)29-2/h3-12,20,26H,1-2H3/b21-19-. The maximum Gasteiger partial charge on any atom is 0.300 e. The number of ether oxygens (including phenoxy) is 1. The van der Waals surface area contributed by atoms with Crippen LogP contribution in [0, 0.1) is 6.92 Å². The molecule has 30 heavy (non-hydrogen) atoms. The van der Waals surface area contributed by atoms with Gasteiger partial charge in [0.25, 0.3) is 11.7 Å². The van der Waals surface area contributed by atoms with E-state index in [2.05, 4.69) is 0 Å². The number of carbonyl (C=O) groups is 2. The van der Waals surface area contributed by atoms with Gasteiger partial charge in [-0.1, -0.05) is 29.8 Å². The summed E-state index contributed by atoms with van der Waals surface area (Å²) in [6.07, 6.45) is 0. The van der Waals surface area contributed by atoms with Crippen molar-refractivity contribution in [1.82, 2.24) is 0 Å². The highest BCUT2D eigenvalue weighted by molar-refractivity contribution is 7.10. The summed E-state index contributed by atoms with van der Waals surface area (Å²) in [7, 11) is 1.52. The van der Waals surface area contributed by atoms with Gasteiger partial charge in [-0.3, -0.25) is 14.5 Å². The van der Waals surface area contributed by atoms with Crippen molar-refractivity contribution >= 4 is 46.1 Å². The predicted molar refractivity (Wildman–Crippen MR) is 118 cm³/mol. The Kier molecular flexibility index (Phi) is 5.37. The third-order valence-electron chi connectivity index (χ3n) is 5.02. The van der Waals surface area contributed by atoms with Crippen LogP contribution in [0.5, 0.6) is 5.75 Å². The van der Waals surface area contributed by atoms with Crippen molar-refractivity contribution < 1.29 is 19.4 Å². The van der Waals surface area contributed by atoms with E-state index in [1.54, 1.807) is 42.5 Å². The van der Waals surface area contributed by atoms with Gasteiger partial charge < -0.3 is 9.84 Å². The highest BCUT2D eigenvalue weighted by Crippen LogP contribution is 2.44. The van der Waals surface area contributed by atoms with Gasteiger partial charge in [-0.2, -0.15) is 0 Å². The third-order valence-corrected chi connectivity index (χ3v) is 6.18. The van der Waals surface area contributed by atoms with Gasteiger partial charge in [0.05, 0.1) is 12.7 Å². The summed E-state index contributed by atoms with van der Waals surface area (Å²) in [5, 5.41) is 13.5. The molecule has 7 heteroatoms. The lowest BCUT2D eigenvalue weighted by atomic mass is 9.99. The number of anilines is 1. The third kappa shape index (κ3) is 3.38. The zero-order chi connectivity index (χ0) is 21.4. The van der Waals surface area contributed by atoms with Crippen LogP contribution in [0.4, 0.5) is 5.69 Å². The van der Waals surface area contributed by atoms with Crippen LogP contribution in [0.15, 0.2) is 65.6 Å². The van der Waals surface area contributed by atoms with E-state index < -0.39 is 17.7 Å². The topological polar surface area (TPSA) is 66.8 Å². The van der Waals surface area contributed by atoms with Gasteiger partial charge in [-0.05, 0) is 54.3 Å². The molecule has 1 aliphatic rings. The molecule has 4 rings (SSSR count). The number of halogens is 1. The molecule has 152 valence electrons. The molecule has 0 spiro atoms. The van der Waals surface area contributed by atoms with Gasteiger partial charge in [-0.25, -0.2) is 0 Å². The second kappa shape index (κ2) is 7.97. The van der Waals surface area contributed by atoms with Gasteiger partial charge in [0.1, 0.15) is 17.6 Å². The van der Waals surface area contributed by atoms with Crippen molar-refractivity contribution in [3.05, 3.63) is 86.6 Å². The summed E-state index contributed by atoms with van der Waals surface area (Å²) < 4.78 is 5.23. The van der Waals surface area contributed by atoms with E-state index in [1.807, 2.05) is 24.4 Å². The van der Waals surface area contributed by atoms with Crippen molar-refractivity contribution in [3.8, 4) is 5.75 Å². The molecule has 0 aliphatic carbocycles. The van der Waals surface area contributed by atoms with Crippen LogP contribution in [-0.4, -0.2) is 23.9 Å². The fourth-order valence-electron chi connectivity index (χ4n) is 3.61. The molecule has 1 saturated heterocycles. The molecule has 0 saturated carbocycles. The number of thiophene rings is 1. The first kappa shape index (κ1) is 20.2. The summed E-state index contributed by atoms with van der Waals surface area (Å²) in [5.74, 6) is -1.12. The minimum absolute atomic E-state index is 0.0463. The average molecular weight is 440 g/mol. The molecule has 1 aromatic heterocycles. The Hall–Kier alpha value is -3.09. The van der Waals surface area contributed by atoms with E-state index in [0.29, 0.717) is 22.0 Å². The molecule has 1 amide bonds. The molecule has 1 fully saturated rings. The number of benzene rings is 2. The molecule has 1 atom stereocenters. The quantitative estimate of drug-likeness (QED) is 0.338. The van der Waals surface area contributed by atoms with E-state index in [4.69, 9.17) is 16.3 Å². The summed E-state index contributed by atoms with van der Waals surface area (Å²) >= 11 is 7.50. The summed E-state index contributed by atoms with van der Waals surface area (Å²) in [4.78, 5) is 28.4. The minimum atomic E-state index is -0.740. The molecule has 2 aromatic carbocycles. The smallest absolute Gasteiger partial charge is 0.300 e. The Morgan fingerprint density at radius 1 is 1.13 bits per heavy atom. The maximum atomic E-state index is 13.1. The number of hydrogen-bond acceptors (Lipinski definition) is 5. The van der Waals surface area contributed by atoms with E-state index >= 15 is 0 Å². The van der Waals surface area contributed by atoms with Crippen LogP contribution < -0.4 is 9.64 Å². The second-order valence-corrected chi connectivity index (χ2v) is 8.26. The van der Waals surface area contributed by atoms with Crippen molar-refractivity contribution in [1.29, 1.82) is 0 Å². The van der Waals surface area contributed by atoms with Crippen LogP contribution >= 0.6 is 22.9 Å². The lowest BCUT2D eigenvalue weighted by Gasteiger charge is -2.25. The average Bonchev–Trinajstić information content (AvgIpc) is 3.35. The van der Waals surface area contributed by atoms with Crippen molar-refractivity contribution in [3.63, 3.8) is 0 Å². The van der Waals surface area contributed by atoms with Crippen LogP contribution in [0.25, 0.3) is 5.76 Å². The predicted octanol–water partition coefficient (Wildman–Crippen LogP) is 5.34. The fraction of sp³-hybridized carbons (Fsp3) is 0.130. The SMILES string of the molecule is COc1cccc(/C(O)=C2/C(=O)C(=O)N(c3ccc(Cl)cc3C)C2c2cccs2)c1. The number of Topliss-reactive ketones (excluding diaryl/α,β-unsaturated/α-hetero) is 1. The van der Waals surface area contributed by atoms with Crippen LogP contribution in [0.3, 0.4) is 0 Å². The number of hydrogen-bond donors (Lipinski definition) is 1. The van der Waals surface area contributed by atoms with Gasteiger partial charge in [0, 0.05) is 21.2 Å². The molecule has 5 nitrogen and oxygen atoms in total. The number of rotatable bonds is 4. The zero-order valence-corrected chi connectivity index (χ0v) is 17.8. The van der Waals surface area contributed by atoms with Crippen molar-refractivity contribution in [2.24, 2.45) is 0 Å². The first-order valence-electron chi connectivity index (χ1n) is 9.17. The van der Waals surface area contributed by atoms with E-state index in [0.717, 1.165) is 10.4 Å². The Morgan fingerprint density at radius 3 is 2.60 bits per heavy atom. The normalized spacial score (nSPS) is 18.1. The maximum absolute atomic E-state index is 13.1. The minimum Gasteiger partial charge on any atom is -0.507 e. The molecule has 1 unspecified atom stereocenters. The Morgan fingerprint density at radius 2 is 1.93 bits per heavy atom. The molecular formula is C23H18ClNO4S.